The van der Waals surface area contributed by atoms with Crippen molar-refractivity contribution < 1.29 is 0 Å². The van der Waals surface area contributed by atoms with Crippen LogP contribution < -0.4 is 5.32 Å². The van der Waals surface area contributed by atoms with Gasteiger partial charge >= 0.3 is 0 Å². The summed E-state index contributed by atoms with van der Waals surface area (Å²) in [6, 6.07) is 3.54. The van der Waals surface area contributed by atoms with Crippen LogP contribution in [0.15, 0.2) is 6.07 Å². The Morgan fingerprint density at radius 2 is 2.05 bits per heavy atom. The molecule has 1 fully saturated rings. The SMILES string of the molecule is CCCN1CCC(NC(C)c2cc(C)sc2C)CC1. The van der Waals surface area contributed by atoms with Crippen molar-refractivity contribution in [3.05, 3.63) is 21.4 Å². The van der Waals surface area contributed by atoms with Crippen molar-refractivity contribution in [2.45, 2.75) is 59.0 Å². The lowest BCUT2D eigenvalue weighted by Crippen LogP contribution is -2.43. The second-order valence-corrected chi connectivity index (χ2v) is 7.33. The van der Waals surface area contributed by atoms with Gasteiger partial charge in [-0.1, -0.05) is 6.92 Å². The molecule has 0 bridgehead atoms. The molecule has 0 aliphatic carbocycles. The molecule has 108 valence electrons. The molecule has 2 heterocycles. The molecule has 1 aromatic heterocycles. The smallest absolute Gasteiger partial charge is 0.0305 e. The molecule has 1 aliphatic heterocycles. The van der Waals surface area contributed by atoms with Gasteiger partial charge in [-0.05, 0) is 71.3 Å². The second-order valence-electron chi connectivity index (χ2n) is 5.87. The fourth-order valence-corrected chi connectivity index (χ4v) is 4.19. The van der Waals surface area contributed by atoms with Crippen LogP contribution >= 0.6 is 11.3 Å². The Morgan fingerprint density at radius 1 is 1.37 bits per heavy atom. The predicted octanol–water partition coefficient (Wildman–Crippen LogP) is 3.89. The summed E-state index contributed by atoms with van der Waals surface area (Å²) in [6.45, 7) is 12.8. The first kappa shape index (κ1) is 15.0. The molecule has 0 radical (unpaired) electrons. The predicted molar refractivity (Wildman–Crippen MR) is 85.1 cm³/mol. The van der Waals surface area contributed by atoms with Crippen molar-refractivity contribution in [1.29, 1.82) is 0 Å². The minimum atomic E-state index is 0.493. The van der Waals surface area contributed by atoms with E-state index >= 15 is 0 Å². The summed E-state index contributed by atoms with van der Waals surface area (Å²) in [5.41, 5.74) is 1.50. The fraction of sp³-hybridized carbons (Fsp3) is 0.750. The van der Waals surface area contributed by atoms with Crippen molar-refractivity contribution in [3.63, 3.8) is 0 Å². The van der Waals surface area contributed by atoms with Crippen molar-refractivity contribution in [2.24, 2.45) is 0 Å². The molecule has 1 atom stereocenters. The molecule has 1 N–H and O–H groups in total. The maximum Gasteiger partial charge on any atom is 0.0305 e. The van der Waals surface area contributed by atoms with Gasteiger partial charge in [-0.2, -0.15) is 0 Å². The lowest BCUT2D eigenvalue weighted by Gasteiger charge is -2.33. The number of hydrogen-bond acceptors (Lipinski definition) is 3. The summed E-state index contributed by atoms with van der Waals surface area (Å²) in [5, 5.41) is 3.83. The summed E-state index contributed by atoms with van der Waals surface area (Å²) >= 11 is 1.92. The molecule has 3 heteroatoms. The van der Waals surface area contributed by atoms with Crippen molar-refractivity contribution in [1.82, 2.24) is 10.2 Å². The van der Waals surface area contributed by atoms with E-state index < -0.39 is 0 Å². The molecule has 0 spiro atoms. The van der Waals surface area contributed by atoms with Crippen LogP contribution in [0.3, 0.4) is 0 Å². The maximum atomic E-state index is 3.83. The Kier molecular flexibility index (Phi) is 5.43. The molecular weight excluding hydrogens is 252 g/mol. The Hall–Kier alpha value is -0.380. The zero-order valence-corrected chi connectivity index (χ0v) is 13.6. The zero-order chi connectivity index (χ0) is 13.8. The molecule has 1 unspecified atom stereocenters. The van der Waals surface area contributed by atoms with Crippen LogP contribution in [0.2, 0.25) is 0 Å². The molecule has 1 saturated heterocycles. The summed E-state index contributed by atoms with van der Waals surface area (Å²) in [6.07, 6.45) is 3.88. The Balaban J connectivity index is 1.84. The van der Waals surface area contributed by atoms with E-state index in [0.29, 0.717) is 12.1 Å². The third kappa shape index (κ3) is 4.04. The molecule has 2 rings (SSSR count). The van der Waals surface area contributed by atoms with E-state index in [4.69, 9.17) is 0 Å². The molecular formula is C16H28N2S. The number of thiophene rings is 1. The van der Waals surface area contributed by atoms with Crippen molar-refractivity contribution in [3.8, 4) is 0 Å². The summed E-state index contributed by atoms with van der Waals surface area (Å²) in [7, 11) is 0. The van der Waals surface area contributed by atoms with E-state index in [2.05, 4.69) is 44.0 Å². The van der Waals surface area contributed by atoms with Gasteiger partial charge in [0.05, 0.1) is 0 Å². The molecule has 1 aromatic rings. The molecule has 0 aromatic carbocycles. The highest BCUT2D eigenvalue weighted by molar-refractivity contribution is 7.12. The molecule has 1 aliphatic rings. The number of nitrogens with one attached hydrogen (secondary N) is 1. The first-order valence-electron chi connectivity index (χ1n) is 7.65. The first-order chi connectivity index (χ1) is 9.10. The summed E-state index contributed by atoms with van der Waals surface area (Å²) in [5.74, 6) is 0. The fourth-order valence-electron chi connectivity index (χ4n) is 3.16. The quantitative estimate of drug-likeness (QED) is 0.880. The van der Waals surface area contributed by atoms with Gasteiger partial charge in [0.2, 0.25) is 0 Å². The lowest BCUT2D eigenvalue weighted by molar-refractivity contribution is 0.192. The van der Waals surface area contributed by atoms with Crippen LogP contribution in [0.25, 0.3) is 0 Å². The maximum absolute atomic E-state index is 3.83. The van der Waals surface area contributed by atoms with E-state index in [1.165, 1.54) is 54.2 Å². The highest BCUT2D eigenvalue weighted by Crippen LogP contribution is 2.27. The van der Waals surface area contributed by atoms with Gasteiger partial charge in [0.15, 0.2) is 0 Å². The van der Waals surface area contributed by atoms with E-state index in [9.17, 15) is 0 Å². The normalized spacial score (nSPS) is 19.8. The summed E-state index contributed by atoms with van der Waals surface area (Å²) < 4.78 is 0. The van der Waals surface area contributed by atoms with E-state index in [0.717, 1.165) is 0 Å². The van der Waals surface area contributed by atoms with Crippen LogP contribution in [0.5, 0.6) is 0 Å². The van der Waals surface area contributed by atoms with Crippen molar-refractivity contribution >= 4 is 11.3 Å². The molecule has 19 heavy (non-hydrogen) atoms. The average Bonchev–Trinajstić information content (AvgIpc) is 2.71. The van der Waals surface area contributed by atoms with Crippen LogP contribution in [-0.2, 0) is 0 Å². The van der Waals surface area contributed by atoms with E-state index in [-0.39, 0.29) is 0 Å². The largest absolute Gasteiger partial charge is 0.307 e. The second kappa shape index (κ2) is 6.87. The standard InChI is InChI=1S/C16H28N2S/c1-5-8-18-9-6-15(7-10-18)17-13(3)16-11-12(2)19-14(16)4/h11,13,15,17H,5-10H2,1-4H3. The number of nitrogens with zero attached hydrogens (tertiary/aromatic N) is 1. The van der Waals surface area contributed by atoms with E-state index in [1.54, 1.807) is 0 Å². The number of piperidine rings is 1. The molecule has 0 amide bonds. The molecule has 2 nitrogen and oxygen atoms in total. The van der Waals surface area contributed by atoms with Crippen LogP contribution in [0.1, 0.15) is 54.5 Å². The first-order valence-corrected chi connectivity index (χ1v) is 8.47. The Bertz CT molecular complexity index is 391. The zero-order valence-electron chi connectivity index (χ0n) is 12.8. The Labute approximate surface area is 122 Å². The molecule has 0 saturated carbocycles. The van der Waals surface area contributed by atoms with Gasteiger partial charge in [-0.25, -0.2) is 0 Å². The number of hydrogen-bond donors (Lipinski definition) is 1. The van der Waals surface area contributed by atoms with Gasteiger partial charge in [0, 0.05) is 21.8 Å². The van der Waals surface area contributed by atoms with Gasteiger partial charge in [0.1, 0.15) is 0 Å². The van der Waals surface area contributed by atoms with Gasteiger partial charge in [0.25, 0.3) is 0 Å². The number of aryl methyl sites for hydroxylation is 2. The summed E-state index contributed by atoms with van der Waals surface area (Å²) in [4.78, 5) is 5.50. The minimum Gasteiger partial charge on any atom is -0.307 e. The van der Waals surface area contributed by atoms with E-state index in [1.807, 2.05) is 11.3 Å². The van der Waals surface area contributed by atoms with Crippen LogP contribution in [-0.4, -0.2) is 30.6 Å². The van der Waals surface area contributed by atoms with Crippen LogP contribution in [0, 0.1) is 13.8 Å². The van der Waals surface area contributed by atoms with Crippen LogP contribution in [0.4, 0.5) is 0 Å². The number of rotatable bonds is 5. The minimum absolute atomic E-state index is 0.493. The Morgan fingerprint density at radius 3 is 2.58 bits per heavy atom. The highest BCUT2D eigenvalue weighted by atomic mass is 32.1. The average molecular weight is 280 g/mol. The highest BCUT2D eigenvalue weighted by Gasteiger charge is 2.21. The monoisotopic (exact) mass is 280 g/mol. The van der Waals surface area contributed by atoms with Gasteiger partial charge < -0.3 is 10.2 Å². The van der Waals surface area contributed by atoms with Crippen molar-refractivity contribution in [2.75, 3.05) is 19.6 Å². The lowest BCUT2D eigenvalue weighted by atomic mass is 10.0. The third-order valence-corrected chi connectivity index (χ3v) is 5.14. The number of likely N-dealkylation sites (tertiary alicyclic amines) is 1. The third-order valence-electron chi connectivity index (χ3n) is 4.16. The van der Waals surface area contributed by atoms with Gasteiger partial charge in [-0.3, -0.25) is 0 Å². The van der Waals surface area contributed by atoms with Gasteiger partial charge in [-0.15, -0.1) is 11.3 Å². The topological polar surface area (TPSA) is 15.3 Å².